The first-order valence-corrected chi connectivity index (χ1v) is 6.12. The van der Waals surface area contributed by atoms with Crippen molar-refractivity contribution in [3.05, 3.63) is 41.9 Å². The Morgan fingerprint density at radius 1 is 1.22 bits per heavy atom. The average Bonchev–Trinajstić information content (AvgIpc) is 2.69. The first-order chi connectivity index (χ1) is 8.66. The minimum Gasteiger partial charge on any atom is -0.361 e. The molecule has 3 nitrogen and oxygen atoms in total. The van der Waals surface area contributed by atoms with Crippen LogP contribution in [-0.4, -0.2) is 10.1 Å². The molecule has 2 heterocycles. The monoisotopic (exact) mass is 256 g/mol. The lowest BCUT2D eigenvalue weighted by Crippen LogP contribution is -1.86. The predicted octanol–water partition coefficient (Wildman–Crippen LogP) is 3.80. The smallest absolute Gasteiger partial charge is 0.141 e. The molecule has 0 saturated heterocycles. The van der Waals surface area contributed by atoms with Crippen molar-refractivity contribution in [2.24, 2.45) is 0 Å². The number of fused-ring (bicyclic) bond motifs is 1. The number of thiol groups is 1. The highest BCUT2D eigenvalue weighted by atomic mass is 32.1. The molecule has 0 spiro atoms. The summed E-state index contributed by atoms with van der Waals surface area (Å²) >= 11 is 4.53. The summed E-state index contributed by atoms with van der Waals surface area (Å²) in [4.78, 5) is 5.28. The molecule has 0 radical (unpaired) electrons. The Hall–Kier alpha value is -1.81. The number of nitrogens with zero attached hydrogens (tertiary/aromatic N) is 2. The van der Waals surface area contributed by atoms with Gasteiger partial charge in [0.05, 0.1) is 11.2 Å². The van der Waals surface area contributed by atoms with E-state index in [2.05, 4.69) is 22.8 Å². The second kappa shape index (κ2) is 4.14. The standard InChI is InChI=1S/C14H12N2OS/c1-8-14(9(2)17-16-8)10-6-12-11(13(18)7-10)4-3-5-15-12/h3-7,18H,1-2H3. The largest absolute Gasteiger partial charge is 0.361 e. The number of aromatic nitrogens is 2. The molecule has 4 heteroatoms. The third-order valence-electron chi connectivity index (χ3n) is 3.02. The molecule has 0 saturated carbocycles. The van der Waals surface area contributed by atoms with Gasteiger partial charge in [0, 0.05) is 22.0 Å². The summed E-state index contributed by atoms with van der Waals surface area (Å²) in [6.45, 7) is 3.85. The molecule has 0 aliphatic rings. The fourth-order valence-electron chi connectivity index (χ4n) is 2.20. The average molecular weight is 256 g/mol. The van der Waals surface area contributed by atoms with Crippen LogP contribution in [-0.2, 0) is 0 Å². The van der Waals surface area contributed by atoms with Crippen molar-refractivity contribution in [1.29, 1.82) is 0 Å². The molecular formula is C14H12N2OS. The zero-order valence-electron chi connectivity index (χ0n) is 10.1. The van der Waals surface area contributed by atoms with E-state index in [-0.39, 0.29) is 0 Å². The zero-order chi connectivity index (χ0) is 12.7. The lowest BCUT2D eigenvalue weighted by Gasteiger charge is -2.05. The van der Waals surface area contributed by atoms with Gasteiger partial charge in [-0.25, -0.2) is 0 Å². The molecule has 0 N–H and O–H groups in total. The van der Waals surface area contributed by atoms with Gasteiger partial charge in [0.25, 0.3) is 0 Å². The van der Waals surface area contributed by atoms with Crippen LogP contribution in [0.5, 0.6) is 0 Å². The topological polar surface area (TPSA) is 38.9 Å². The van der Waals surface area contributed by atoms with E-state index in [4.69, 9.17) is 4.52 Å². The van der Waals surface area contributed by atoms with Gasteiger partial charge in [-0.2, -0.15) is 0 Å². The molecule has 18 heavy (non-hydrogen) atoms. The molecule has 3 aromatic rings. The lowest BCUT2D eigenvalue weighted by molar-refractivity contribution is 0.393. The third kappa shape index (κ3) is 1.69. The second-order valence-corrected chi connectivity index (χ2v) is 4.75. The molecule has 0 amide bonds. The highest BCUT2D eigenvalue weighted by Gasteiger charge is 2.13. The Bertz CT molecular complexity index is 714. The quantitative estimate of drug-likeness (QED) is 0.673. The number of aryl methyl sites for hydroxylation is 2. The van der Waals surface area contributed by atoms with E-state index in [0.717, 1.165) is 38.4 Å². The first-order valence-electron chi connectivity index (χ1n) is 5.68. The van der Waals surface area contributed by atoms with Crippen LogP contribution in [0.15, 0.2) is 39.9 Å². The van der Waals surface area contributed by atoms with Crippen LogP contribution in [0.4, 0.5) is 0 Å². The maximum absolute atomic E-state index is 5.21. The molecule has 1 aromatic carbocycles. The Balaban J connectivity index is 2.31. The summed E-state index contributed by atoms with van der Waals surface area (Å²) in [6.07, 6.45) is 1.78. The minimum atomic E-state index is 0.815. The summed E-state index contributed by atoms with van der Waals surface area (Å²) in [7, 11) is 0. The number of hydrogen-bond acceptors (Lipinski definition) is 4. The van der Waals surface area contributed by atoms with Crippen LogP contribution in [0.25, 0.3) is 22.0 Å². The lowest BCUT2D eigenvalue weighted by atomic mass is 10.0. The summed E-state index contributed by atoms with van der Waals surface area (Å²) in [5, 5.41) is 5.03. The van der Waals surface area contributed by atoms with Gasteiger partial charge in [-0.05, 0) is 37.6 Å². The van der Waals surface area contributed by atoms with Crippen LogP contribution < -0.4 is 0 Å². The van der Waals surface area contributed by atoms with Crippen LogP contribution in [0.2, 0.25) is 0 Å². The van der Waals surface area contributed by atoms with Gasteiger partial charge in [-0.3, -0.25) is 4.98 Å². The molecule has 3 rings (SSSR count). The van der Waals surface area contributed by atoms with Crippen molar-refractivity contribution in [2.45, 2.75) is 18.7 Å². The van der Waals surface area contributed by atoms with Gasteiger partial charge >= 0.3 is 0 Å². The molecular weight excluding hydrogens is 244 g/mol. The van der Waals surface area contributed by atoms with Crippen molar-refractivity contribution >= 4 is 23.5 Å². The van der Waals surface area contributed by atoms with Crippen molar-refractivity contribution in [3.8, 4) is 11.1 Å². The van der Waals surface area contributed by atoms with Gasteiger partial charge in [-0.1, -0.05) is 11.2 Å². The Morgan fingerprint density at radius 3 is 2.78 bits per heavy atom. The van der Waals surface area contributed by atoms with Gasteiger partial charge in [-0.15, -0.1) is 12.6 Å². The third-order valence-corrected chi connectivity index (χ3v) is 3.39. The van der Waals surface area contributed by atoms with E-state index in [1.165, 1.54) is 0 Å². The normalized spacial score (nSPS) is 11.1. The first kappa shape index (κ1) is 11.3. The van der Waals surface area contributed by atoms with E-state index in [1.807, 2.05) is 38.1 Å². The van der Waals surface area contributed by atoms with Crippen molar-refractivity contribution in [3.63, 3.8) is 0 Å². The number of rotatable bonds is 1. The van der Waals surface area contributed by atoms with Gasteiger partial charge < -0.3 is 4.52 Å². The fraction of sp³-hybridized carbons (Fsp3) is 0.143. The number of hydrogen-bond donors (Lipinski definition) is 1. The van der Waals surface area contributed by atoms with Crippen LogP contribution in [0, 0.1) is 13.8 Å². The predicted molar refractivity (Wildman–Crippen MR) is 74.0 cm³/mol. The van der Waals surface area contributed by atoms with E-state index >= 15 is 0 Å². The summed E-state index contributed by atoms with van der Waals surface area (Å²) in [5.41, 5.74) is 3.89. The van der Waals surface area contributed by atoms with E-state index in [0.29, 0.717) is 0 Å². The van der Waals surface area contributed by atoms with E-state index in [9.17, 15) is 0 Å². The Kier molecular flexibility index (Phi) is 2.59. The molecule has 2 aromatic heterocycles. The molecule has 0 bridgehead atoms. The van der Waals surface area contributed by atoms with Gasteiger partial charge in [0.1, 0.15) is 5.76 Å². The number of benzene rings is 1. The maximum Gasteiger partial charge on any atom is 0.141 e. The molecule has 0 aliphatic carbocycles. The zero-order valence-corrected chi connectivity index (χ0v) is 11.0. The Labute approximate surface area is 110 Å². The van der Waals surface area contributed by atoms with Crippen LogP contribution >= 0.6 is 12.6 Å². The number of pyridine rings is 1. The maximum atomic E-state index is 5.21. The van der Waals surface area contributed by atoms with Crippen molar-refractivity contribution in [2.75, 3.05) is 0 Å². The van der Waals surface area contributed by atoms with E-state index in [1.54, 1.807) is 6.20 Å². The van der Waals surface area contributed by atoms with Crippen molar-refractivity contribution in [1.82, 2.24) is 10.1 Å². The molecule has 0 aliphatic heterocycles. The van der Waals surface area contributed by atoms with Crippen LogP contribution in [0.1, 0.15) is 11.5 Å². The van der Waals surface area contributed by atoms with Crippen molar-refractivity contribution < 1.29 is 4.52 Å². The molecule has 90 valence electrons. The Morgan fingerprint density at radius 2 is 2.06 bits per heavy atom. The fourth-order valence-corrected chi connectivity index (χ4v) is 2.53. The van der Waals surface area contributed by atoms with E-state index < -0.39 is 0 Å². The summed E-state index contributed by atoms with van der Waals surface area (Å²) < 4.78 is 5.21. The van der Waals surface area contributed by atoms with Crippen LogP contribution in [0.3, 0.4) is 0 Å². The van der Waals surface area contributed by atoms with Gasteiger partial charge in [0.15, 0.2) is 0 Å². The summed E-state index contributed by atoms with van der Waals surface area (Å²) in [5.74, 6) is 0.815. The van der Waals surface area contributed by atoms with Gasteiger partial charge in [0.2, 0.25) is 0 Å². The SMILES string of the molecule is Cc1noc(C)c1-c1cc(S)c2cccnc2c1. The molecule has 0 unspecified atom stereocenters. The highest BCUT2D eigenvalue weighted by molar-refractivity contribution is 7.80. The highest BCUT2D eigenvalue weighted by Crippen LogP contribution is 2.32. The minimum absolute atomic E-state index is 0.815. The second-order valence-electron chi connectivity index (χ2n) is 4.26. The molecule has 0 atom stereocenters. The molecule has 0 fully saturated rings. The summed E-state index contributed by atoms with van der Waals surface area (Å²) in [6, 6.07) is 8.00.